The first kappa shape index (κ1) is 21.9. The number of alkyl halides is 6. The summed E-state index contributed by atoms with van der Waals surface area (Å²) in [6.07, 6.45) is -5.85. The van der Waals surface area contributed by atoms with E-state index in [0.29, 0.717) is 12.5 Å². The fourth-order valence-electron chi connectivity index (χ4n) is 2.57. The van der Waals surface area contributed by atoms with Gasteiger partial charge in [0.2, 0.25) is 5.95 Å². The Labute approximate surface area is 157 Å². The third-order valence-electron chi connectivity index (χ3n) is 4.07. The van der Waals surface area contributed by atoms with Crippen molar-refractivity contribution in [1.82, 2.24) is 9.97 Å². The lowest BCUT2D eigenvalue weighted by Crippen LogP contribution is -2.28. The number of hydrogen-bond acceptors (Lipinski definition) is 4. The van der Waals surface area contributed by atoms with Gasteiger partial charge in [0, 0.05) is 32.1 Å². The predicted octanol–water partition coefficient (Wildman–Crippen LogP) is 4.47. The minimum absolute atomic E-state index is 0.112. The van der Waals surface area contributed by atoms with Crippen LogP contribution in [0.2, 0.25) is 0 Å². The number of anilines is 1. The zero-order valence-electron chi connectivity index (χ0n) is 15.0. The van der Waals surface area contributed by atoms with Gasteiger partial charge in [-0.25, -0.2) is 9.97 Å². The number of rotatable bonds is 7. The average Bonchev–Trinajstić information content (AvgIpc) is 2.63. The molecule has 0 saturated heterocycles. The van der Waals surface area contributed by atoms with E-state index in [1.807, 2.05) is 6.92 Å². The molecule has 1 heterocycles. The number of aliphatic hydroxyl groups is 1. The molecule has 0 radical (unpaired) electrons. The van der Waals surface area contributed by atoms with E-state index < -0.39 is 23.5 Å². The number of aryl methyl sites for hydroxylation is 1. The molecule has 2 rings (SSSR count). The predicted molar refractivity (Wildman–Crippen MR) is 90.6 cm³/mol. The number of benzene rings is 1. The van der Waals surface area contributed by atoms with Crippen LogP contribution in [0.4, 0.5) is 32.3 Å². The lowest BCUT2D eigenvalue weighted by atomic mass is 10.0. The molecular formula is C18H19F6N3O. The van der Waals surface area contributed by atoms with E-state index in [-0.39, 0.29) is 43.7 Å². The fraction of sp³-hybridized carbons (Fsp3) is 0.444. The molecule has 1 N–H and O–H groups in total. The number of aliphatic hydroxyl groups excluding tert-OH is 1. The van der Waals surface area contributed by atoms with Gasteiger partial charge >= 0.3 is 12.4 Å². The highest BCUT2D eigenvalue weighted by Crippen LogP contribution is 2.37. The van der Waals surface area contributed by atoms with Gasteiger partial charge < -0.3 is 10.0 Å². The minimum Gasteiger partial charge on any atom is -0.396 e. The summed E-state index contributed by atoms with van der Waals surface area (Å²) in [6, 6.07) is 1.55. The Morgan fingerprint density at radius 1 is 1.00 bits per heavy atom. The molecule has 0 spiro atoms. The van der Waals surface area contributed by atoms with Gasteiger partial charge in [-0.3, -0.25) is 0 Å². The lowest BCUT2D eigenvalue weighted by Gasteiger charge is -2.25. The van der Waals surface area contributed by atoms with E-state index in [9.17, 15) is 26.3 Å². The SMILES string of the molecule is CCc1cnc(N(CCCO)Cc2ccc(C(F)(F)F)cc2C(F)(F)F)nc1. The molecular weight excluding hydrogens is 388 g/mol. The summed E-state index contributed by atoms with van der Waals surface area (Å²) in [7, 11) is 0. The second-order valence-electron chi connectivity index (χ2n) is 6.11. The Balaban J connectivity index is 2.41. The summed E-state index contributed by atoms with van der Waals surface area (Å²) < 4.78 is 78.6. The van der Waals surface area contributed by atoms with Crippen LogP contribution in [-0.4, -0.2) is 28.2 Å². The Morgan fingerprint density at radius 2 is 1.64 bits per heavy atom. The van der Waals surface area contributed by atoms with Crippen molar-refractivity contribution in [1.29, 1.82) is 0 Å². The molecule has 1 aromatic carbocycles. The first-order chi connectivity index (χ1) is 13.1. The zero-order chi connectivity index (χ0) is 20.9. The van der Waals surface area contributed by atoms with Crippen molar-refractivity contribution >= 4 is 5.95 Å². The van der Waals surface area contributed by atoms with Crippen molar-refractivity contribution in [2.75, 3.05) is 18.1 Å². The number of hydrogen-bond donors (Lipinski definition) is 1. The normalized spacial score (nSPS) is 12.3. The van der Waals surface area contributed by atoms with Gasteiger partial charge in [0.15, 0.2) is 0 Å². The van der Waals surface area contributed by atoms with Crippen LogP contribution in [0, 0.1) is 0 Å². The second-order valence-corrected chi connectivity index (χ2v) is 6.11. The summed E-state index contributed by atoms with van der Waals surface area (Å²) in [6.45, 7) is 1.47. The number of aromatic nitrogens is 2. The topological polar surface area (TPSA) is 49.2 Å². The Hall–Kier alpha value is -2.36. The van der Waals surface area contributed by atoms with Gasteiger partial charge in [0.05, 0.1) is 11.1 Å². The maximum atomic E-state index is 13.4. The van der Waals surface area contributed by atoms with Crippen molar-refractivity contribution in [3.8, 4) is 0 Å². The van der Waals surface area contributed by atoms with Gasteiger partial charge in [-0.2, -0.15) is 26.3 Å². The molecule has 0 aliphatic heterocycles. The van der Waals surface area contributed by atoms with Crippen LogP contribution in [0.1, 0.15) is 35.6 Å². The van der Waals surface area contributed by atoms with Gasteiger partial charge in [0.1, 0.15) is 0 Å². The van der Waals surface area contributed by atoms with E-state index in [0.717, 1.165) is 11.6 Å². The second kappa shape index (κ2) is 8.76. The zero-order valence-corrected chi connectivity index (χ0v) is 15.0. The summed E-state index contributed by atoms with van der Waals surface area (Å²) in [4.78, 5) is 9.64. The molecule has 0 saturated carbocycles. The van der Waals surface area contributed by atoms with Crippen LogP contribution >= 0.6 is 0 Å². The van der Waals surface area contributed by atoms with E-state index in [2.05, 4.69) is 9.97 Å². The molecule has 28 heavy (non-hydrogen) atoms. The Kier molecular flexibility index (Phi) is 6.87. The molecule has 0 fully saturated rings. The van der Waals surface area contributed by atoms with Gasteiger partial charge in [-0.15, -0.1) is 0 Å². The van der Waals surface area contributed by atoms with Crippen LogP contribution in [0.3, 0.4) is 0 Å². The largest absolute Gasteiger partial charge is 0.416 e. The molecule has 0 amide bonds. The molecule has 0 bridgehead atoms. The van der Waals surface area contributed by atoms with Crippen molar-refractivity contribution in [3.05, 3.63) is 52.8 Å². The molecule has 0 unspecified atom stereocenters. The molecule has 0 atom stereocenters. The highest BCUT2D eigenvalue weighted by Gasteiger charge is 2.38. The maximum absolute atomic E-state index is 13.4. The van der Waals surface area contributed by atoms with E-state index >= 15 is 0 Å². The van der Waals surface area contributed by atoms with Crippen molar-refractivity contribution < 1.29 is 31.4 Å². The van der Waals surface area contributed by atoms with Crippen LogP contribution < -0.4 is 4.90 Å². The smallest absolute Gasteiger partial charge is 0.396 e. The third kappa shape index (κ3) is 5.57. The third-order valence-corrected chi connectivity index (χ3v) is 4.07. The molecule has 154 valence electrons. The van der Waals surface area contributed by atoms with Crippen molar-refractivity contribution in [2.45, 2.75) is 38.7 Å². The standard InChI is InChI=1S/C18H19F6N3O/c1-2-12-9-25-16(26-10-12)27(6-3-7-28)11-13-4-5-14(17(19,20)21)8-15(13)18(22,23)24/h4-5,8-10,28H,2-3,6-7,11H2,1H3. The Morgan fingerprint density at radius 3 is 2.14 bits per heavy atom. The van der Waals surface area contributed by atoms with E-state index in [1.54, 1.807) is 0 Å². The highest BCUT2D eigenvalue weighted by atomic mass is 19.4. The molecule has 4 nitrogen and oxygen atoms in total. The first-order valence-electron chi connectivity index (χ1n) is 8.50. The van der Waals surface area contributed by atoms with Crippen molar-refractivity contribution in [3.63, 3.8) is 0 Å². The quantitative estimate of drug-likeness (QED) is 0.689. The summed E-state index contributed by atoms with van der Waals surface area (Å²) in [5, 5.41) is 9.05. The minimum atomic E-state index is -4.95. The van der Waals surface area contributed by atoms with Crippen LogP contribution in [0.25, 0.3) is 0 Å². The molecule has 0 aliphatic carbocycles. The maximum Gasteiger partial charge on any atom is 0.416 e. The lowest BCUT2D eigenvalue weighted by molar-refractivity contribution is -0.143. The van der Waals surface area contributed by atoms with Crippen LogP contribution in [0.5, 0.6) is 0 Å². The van der Waals surface area contributed by atoms with Crippen molar-refractivity contribution in [2.24, 2.45) is 0 Å². The van der Waals surface area contributed by atoms with E-state index in [4.69, 9.17) is 5.11 Å². The first-order valence-corrected chi connectivity index (χ1v) is 8.50. The van der Waals surface area contributed by atoms with Gasteiger partial charge in [-0.1, -0.05) is 13.0 Å². The fourth-order valence-corrected chi connectivity index (χ4v) is 2.57. The van der Waals surface area contributed by atoms with Gasteiger partial charge in [0.25, 0.3) is 0 Å². The molecule has 0 aliphatic rings. The average molecular weight is 407 g/mol. The molecule has 10 heteroatoms. The summed E-state index contributed by atoms with van der Waals surface area (Å²) >= 11 is 0. The van der Waals surface area contributed by atoms with Gasteiger partial charge in [-0.05, 0) is 36.1 Å². The summed E-state index contributed by atoms with van der Waals surface area (Å²) in [5.74, 6) is 0.138. The molecule has 2 aromatic rings. The monoisotopic (exact) mass is 407 g/mol. The van der Waals surface area contributed by atoms with Crippen LogP contribution in [-0.2, 0) is 25.3 Å². The summed E-state index contributed by atoms with van der Waals surface area (Å²) in [5.41, 5.74) is -2.23. The van der Waals surface area contributed by atoms with E-state index in [1.165, 1.54) is 17.3 Å². The Bertz CT molecular complexity index is 774. The van der Waals surface area contributed by atoms with Crippen LogP contribution in [0.15, 0.2) is 30.6 Å². The number of halogens is 6. The number of nitrogens with zero attached hydrogens (tertiary/aromatic N) is 3. The highest BCUT2D eigenvalue weighted by molar-refractivity contribution is 5.40. The molecule has 1 aromatic heterocycles.